The van der Waals surface area contributed by atoms with Crippen molar-refractivity contribution < 1.29 is 22.4 Å². The number of halogens is 1. The van der Waals surface area contributed by atoms with Crippen LogP contribution >= 0.6 is 0 Å². The molecule has 2 amide bonds. The molecule has 7 nitrogen and oxygen atoms in total. The van der Waals surface area contributed by atoms with Gasteiger partial charge in [0, 0.05) is 12.6 Å². The zero-order valence-electron chi connectivity index (χ0n) is 22.1. The fraction of sp³-hybridized carbons (Fsp3) is 0.310. The molecule has 0 heterocycles. The molecule has 0 aliphatic heterocycles. The standard InChI is InChI=1S/C29H34FN3O4S/c1-5-24-11-9-10-14-27(24)33(38(36,37)26-12-7-6-8-13-26)20-28(34)32(22(4)29(35)31-21(2)3)19-23-15-17-25(30)18-16-23/h6-18,21-22H,5,19-20H2,1-4H3,(H,31,35)/t22-/m1/s1. The first-order valence-electron chi connectivity index (χ1n) is 12.5. The molecule has 0 aliphatic rings. The Kier molecular flexibility index (Phi) is 9.63. The van der Waals surface area contributed by atoms with Crippen LogP contribution in [-0.4, -0.2) is 43.8 Å². The maximum absolute atomic E-state index is 13.9. The lowest BCUT2D eigenvalue weighted by molar-refractivity contribution is -0.139. The summed E-state index contributed by atoms with van der Waals surface area (Å²) < 4.78 is 42.3. The van der Waals surface area contributed by atoms with Crippen LogP contribution in [0.1, 0.15) is 38.8 Å². The van der Waals surface area contributed by atoms with Crippen molar-refractivity contribution >= 4 is 27.5 Å². The van der Waals surface area contributed by atoms with Gasteiger partial charge in [0.25, 0.3) is 10.0 Å². The molecule has 0 fully saturated rings. The first kappa shape index (κ1) is 28.8. The molecule has 0 spiro atoms. The summed E-state index contributed by atoms with van der Waals surface area (Å²) in [5.41, 5.74) is 1.76. The zero-order chi connectivity index (χ0) is 27.9. The number of amides is 2. The highest BCUT2D eigenvalue weighted by atomic mass is 32.2. The van der Waals surface area contributed by atoms with Crippen molar-refractivity contribution in [3.05, 3.63) is 95.8 Å². The van der Waals surface area contributed by atoms with E-state index in [-0.39, 0.29) is 23.4 Å². The predicted octanol–water partition coefficient (Wildman–Crippen LogP) is 4.53. The van der Waals surface area contributed by atoms with Gasteiger partial charge in [0.2, 0.25) is 11.8 Å². The van der Waals surface area contributed by atoms with Gasteiger partial charge >= 0.3 is 0 Å². The van der Waals surface area contributed by atoms with Crippen LogP contribution in [0.2, 0.25) is 0 Å². The first-order valence-corrected chi connectivity index (χ1v) is 14.0. The van der Waals surface area contributed by atoms with Crippen molar-refractivity contribution in [2.75, 3.05) is 10.8 Å². The van der Waals surface area contributed by atoms with Gasteiger partial charge in [-0.3, -0.25) is 13.9 Å². The van der Waals surface area contributed by atoms with Crippen LogP contribution < -0.4 is 9.62 Å². The van der Waals surface area contributed by atoms with Crippen LogP contribution in [0.5, 0.6) is 0 Å². The number of nitrogens with zero attached hydrogens (tertiary/aromatic N) is 2. The normalized spacial score (nSPS) is 12.2. The maximum Gasteiger partial charge on any atom is 0.264 e. The SMILES string of the molecule is CCc1ccccc1N(CC(=O)N(Cc1ccc(F)cc1)[C@H](C)C(=O)NC(C)C)S(=O)(=O)c1ccccc1. The molecular formula is C29H34FN3O4S. The fourth-order valence-electron chi connectivity index (χ4n) is 4.06. The number of anilines is 1. The van der Waals surface area contributed by atoms with E-state index >= 15 is 0 Å². The molecule has 0 aromatic heterocycles. The maximum atomic E-state index is 13.9. The van der Waals surface area contributed by atoms with E-state index in [4.69, 9.17) is 0 Å². The van der Waals surface area contributed by atoms with Crippen molar-refractivity contribution in [1.82, 2.24) is 10.2 Å². The third-order valence-corrected chi connectivity index (χ3v) is 7.89. The fourth-order valence-corrected chi connectivity index (χ4v) is 5.53. The van der Waals surface area contributed by atoms with Crippen LogP contribution in [0.3, 0.4) is 0 Å². The van der Waals surface area contributed by atoms with E-state index < -0.39 is 34.3 Å². The molecule has 9 heteroatoms. The highest BCUT2D eigenvalue weighted by Crippen LogP contribution is 2.28. The minimum absolute atomic E-state index is 0.000441. The minimum Gasteiger partial charge on any atom is -0.352 e. The summed E-state index contributed by atoms with van der Waals surface area (Å²) in [6.07, 6.45) is 0.553. The Hall–Kier alpha value is -3.72. The van der Waals surface area contributed by atoms with E-state index in [1.165, 1.54) is 41.3 Å². The Morgan fingerprint density at radius 1 is 0.895 bits per heavy atom. The third kappa shape index (κ3) is 6.98. The van der Waals surface area contributed by atoms with Gasteiger partial charge < -0.3 is 10.2 Å². The summed E-state index contributed by atoms with van der Waals surface area (Å²) in [6.45, 7) is 6.61. The lowest BCUT2D eigenvalue weighted by atomic mass is 10.1. The number of carbonyl (C=O) groups is 2. The Balaban J connectivity index is 2.05. The van der Waals surface area contributed by atoms with Crippen molar-refractivity contribution in [3.63, 3.8) is 0 Å². The predicted molar refractivity (Wildman–Crippen MR) is 146 cm³/mol. The van der Waals surface area contributed by atoms with Gasteiger partial charge in [0.05, 0.1) is 10.6 Å². The third-order valence-electron chi connectivity index (χ3n) is 6.12. The van der Waals surface area contributed by atoms with E-state index in [2.05, 4.69) is 5.32 Å². The van der Waals surface area contributed by atoms with Gasteiger partial charge in [-0.25, -0.2) is 12.8 Å². The van der Waals surface area contributed by atoms with Gasteiger partial charge in [0.1, 0.15) is 18.4 Å². The number of benzene rings is 3. The first-order chi connectivity index (χ1) is 18.0. The summed E-state index contributed by atoms with van der Waals surface area (Å²) in [7, 11) is -4.12. The van der Waals surface area contributed by atoms with Crippen molar-refractivity contribution in [2.45, 2.75) is 57.6 Å². The molecule has 0 aliphatic carbocycles. The summed E-state index contributed by atoms with van der Waals surface area (Å²) in [4.78, 5) is 28.2. The number of nitrogens with one attached hydrogen (secondary N) is 1. The van der Waals surface area contributed by atoms with Gasteiger partial charge in [-0.2, -0.15) is 0 Å². The average Bonchev–Trinajstić information content (AvgIpc) is 2.90. The summed E-state index contributed by atoms with van der Waals surface area (Å²) in [6, 6.07) is 19.5. The average molecular weight is 540 g/mol. The minimum atomic E-state index is -4.12. The monoisotopic (exact) mass is 539 g/mol. The van der Waals surface area contributed by atoms with Gasteiger partial charge in [-0.05, 0) is 68.7 Å². The molecular weight excluding hydrogens is 505 g/mol. The molecule has 1 atom stereocenters. The highest BCUT2D eigenvalue weighted by molar-refractivity contribution is 7.92. The summed E-state index contributed by atoms with van der Waals surface area (Å²) in [5.74, 6) is -1.36. The van der Waals surface area contributed by atoms with Crippen LogP contribution in [0, 0.1) is 5.82 Å². The van der Waals surface area contributed by atoms with Gasteiger partial charge in [-0.15, -0.1) is 0 Å². The van der Waals surface area contributed by atoms with Crippen LogP contribution in [-0.2, 0) is 32.6 Å². The molecule has 202 valence electrons. The molecule has 0 saturated heterocycles. The molecule has 0 unspecified atom stereocenters. The molecule has 3 rings (SSSR count). The van der Waals surface area contributed by atoms with E-state index in [1.54, 1.807) is 37.3 Å². The quantitative estimate of drug-likeness (QED) is 0.388. The second kappa shape index (κ2) is 12.7. The molecule has 0 bridgehead atoms. The molecule has 3 aromatic carbocycles. The second-order valence-corrected chi connectivity index (χ2v) is 11.2. The van der Waals surface area contributed by atoms with Crippen LogP contribution in [0.25, 0.3) is 0 Å². The van der Waals surface area contributed by atoms with Gasteiger partial charge in [0.15, 0.2) is 0 Å². The lowest BCUT2D eigenvalue weighted by Crippen LogP contribution is -2.52. The largest absolute Gasteiger partial charge is 0.352 e. The highest BCUT2D eigenvalue weighted by Gasteiger charge is 2.33. The van der Waals surface area contributed by atoms with Crippen molar-refractivity contribution in [2.24, 2.45) is 0 Å². The molecule has 1 N–H and O–H groups in total. The second-order valence-electron chi connectivity index (χ2n) is 9.29. The molecule has 0 saturated carbocycles. The van der Waals surface area contributed by atoms with E-state index in [1.807, 2.05) is 32.9 Å². The number of para-hydroxylation sites is 1. The number of rotatable bonds is 11. The number of carbonyl (C=O) groups excluding carboxylic acids is 2. The summed E-state index contributed by atoms with van der Waals surface area (Å²) >= 11 is 0. The molecule has 3 aromatic rings. The van der Waals surface area contributed by atoms with Crippen molar-refractivity contribution in [1.29, 1.82) is 0 Å². The van der Waals surface area contributed by atoms with Gasteiger partial charge in [-0.1, -0.05) is 55.5 Å². The van der Waals surface area contributed by atoms with Crippen molar-refractivity contribution in [3.8, 4) is 0 Å². The topological polar surface area (TPSA) is 86.8 Å². The van der Waals surface area contributed by atoms with E-state index in [9.17, 15) is 22.4 Å². The number of hydrogen-bond donors (Lipinski definition) is 1. The summed E-state index contributed by atoms with van der Waals surface area (Å²) in [5, 5.41) is 2.81. The Bertz CT molecular complexity index is 1350. The number of aryl methyl sites for hydroxylation is 1. The van der Waals surface area contributed by atoms with E-state index in [0.29, 0.717) is 17.7 Å². The molecule has 38 heavy (non-hydrogen) atoms. The van der Waals surface area contributed by atoms with Crippen LogP contribution in [0.4, 0.5) is 10.1 Å². The Morgan fingerprint density at radius 3 is 2.11 bits per heavy atom. The Morgan fingerprint density at radius 2 is 1.50 bits per heavy atom. The van der Waals surface area contributed by atoms with E-state index in [0.717, 1.165) is 9.87 Å². The number of hydrogen-bond acceptors (Lipinski definition) is 4. The molecule has 0 radical (unpaired) electrons. The zero-order valence-corrected chi connectivity index (χ0v) is 22.9. The van der Waals surface area contributed by atoms with Crippen LogP contribution in [0.15, 0.2) is 83.8 Å². The smallest absolute Gasteiger partial charge is 0.264 e. The number of sulfonamides is 1. The Labute approximate surface area is 224 Å². The lowest BCUT2D eigenvalue weighted by Gasteiger charge is -2.33.